The summed E-state index contributed by atoms with van der Waals surface area (Å²) >= 11 is 0. The van der Waals surface area contributed by atoms with Gasteiger partial charge in [0.1, 0.15) is 6.10 Å². The van der Waals surface area contributed by atoms with Crippen LogP contribution in [0.5, 0.6) is 0 Å². The molecule has 0 bridgehead atoms. The molecule has 2 rings (SSSR count). The van der Waals surface area contributed by atoms with Crippen LogP contribution in [0.25, 0.3) is 0 Å². The van der Waals surface area contributed by atoms with Gasteiger partial charge in [0, 0.05) is 12.5 Å². The molecule has 1 unspecified atom stereocenters. The molecule has 2 nitrogen and oxygen atoms in total. The Kier molecular flexibility index (Phi) is 5.69. The Labute approximate surface area is 107 Å². The molecule has 102 valence electrons. The van der Waals surface area contributed by atoms with Gasteiger partial charge < -0.3 is 10.8 Å². The molecule has 0 radical (unpaired) electrons. The molecule has 0 heterocycles. The summed E-state index contributed by atoms with van der Waals surface area (Å²) in [7, 11) is 0. The second-order valence-electron chi connectivity index (χ2n) is 4.72. The molecule has 3 N–H and O–H groups in total. The van der Waals surface area contributed by atoms with Gasteiger partial charge in [-0.1, -0.05) is 36.8 Å². The van der Waals surface area contributed by atoms with Crippen molar-refractivity contribution >= 4 is 0 Å². The zero-order valence-corrected chi connectivity index (χ0v) is 10.7. The number of aliphatic hydroxyl groups is 1. The van der Waals surface area contributed by atoms with Gasteiger partial charge in [0.2, 0.25) is 0 Å². The van der Waals surface area contributed by atoms with Crippen LogP contribution < -0.4 is 5.73 Å². The first-order valence-electron chi connectivity index (χ1n) is 6.30. The van der Waals surface area contributed by atoms with Crippen molar-refractivity contribution in [2.45, 2.75) is 50.7 Å². The van der Waals surface area contributed by atoms with Crippen molar-refractivity contribution in [3.05, 3.63) is 35.9 Å². The summed E-state index contributed by atoms with van der Waals surface area (Å²) in [5.74, 6) is -2.81. The van der Waals surface area contributed by atoms with E-state index in [2.05, 4.69) is 0 Å². The van der Waals surface area contributed by atoms with E-state index >= 15 is 0 Å². The van der Waals surface area contributed by atoms with Gasteiger partial charge in [0.05, 0.1) is 0 Å². The third-order valence-corrected chi connectivity index (χ3v) is 3.05. The summed E-state index contributed by atoms with van der Waals surface area (Å²) in [4.78, 5) is 0. The number of hydrogen-bond donors (Lipinski definition) is 2. The maximum Gasteiger partial charge on any atom is 0.273 e. The molecule has 2 atom stereocenters. The van der Waals surface area contributed by atoms with E-state index < -0.39 is 12.0 Å². The molecule has 1 fully saturated rings. The molecule has 1 aliphatic rings. The van der Waals surface area contributed by atoms with E-state index in [4.69, 9.17) is 10.8 Å². The largest absolute Gasteiger partial charge is 0.387 e. The third-order valence-electron chi connectivity index (χ3n) is 3.05. The average Bonchev–Trinajstić information content (AvgIpc) is 2.35. The first-order chi connectivity index (χ1) is 8.43. The maximum atomic E-state index is 12.3. The second kappa shape index (κ2) is 6.81. The van der Waals surface area contributed by atoms with Crippen LogP contribution in [0.1, 0.15) is 44.2 Å². The molecule has 18 heavy (non-hydrogen) atoms. The monoisotopic (exact) mass is 257 g/mol. The van der Waals surface area contributed by atoms with Gasteiger partial charge in [0.15, 0.2) is 0 Å². The Morgan fingerprint density at radius 2 is 1.89 bits per heavy atom. The van der Waals surface area contributed by atoms with E-state index in [9.17, 15) is 8.78 Å². The molecular weight excluding hydrogens is 236 g/mol. The van der Waals surface area contributed by atoms with E-state index in [0.717, 1.165) is 6.42 Å². The van der Waals surface area contributed by atoms with Crippen LogP contribution in [0, 0.1) is 0 Å². The fourth-order valence-corrected chi connectivity index (χ4v) is 1.83. The molecule has 0 saturated heterocycles. The van der Waals surface area contributed by atoms with E-state index in [1.165, 1.54) is 5.56 Å². The Bertz CT molecular complexity index is 341. The number of aliphatic hydroxyl groups excluding tert-OH is 1. The standard InChI is InChI=1S/C8H11N.C6H10F2O/c1-7(9)8-5-3-2-4-6-8;7-6(8)4-2-1-3-5(6)9/h2-7H,9H2,1H3;5,9H,1-4H2/t7-;/m1./s1. The summed E-state index contributed by atoms with van der Waals surface area (Å²) in [6, 6.07) is 10.2. The van der Waals surface area contributed by atoms with E-state index in [-0.39, 0.29) is 18.9 Å². The molecule has 1 aromatic rings. The normalized spacial score (nSPS) is 23.7. The highest BCUT2D eigenvalue weighted by atomic mass is 19.3. The molecule has 1 saturated carbocycles. The predicted octanol–water partition coefficient (Wildman–Crippen LogP) is 3.26. The lowest BCUT2D eigenvalue weighted by molar-refractivity contribution is -0.130. The number of hydrogen-bond acceptors (Lipinski definition) is 2. The minimum Gasteiger partial charge on any atom is -0.387 e. The van der Waals surface area contributed by atoms with E-state index in [0.29, 0.717) is 6.42 Å². The van der Waals surface area contributed by atoms with Gasteiger partial charge in [-0.15, -0.1) is 0 Å². The van der Waals surface area contributed by atoms with Crippen LogP contribution in [0.2, 0.25) is 0 Å². The second-order valence-corrected chi connectivity index (χ2v) is 4.72. The minimum absolute atomic E-state index is 0.145. The van der Waals surface area contributed by atoms with Crippen molar-refractivity contribution in [1.29, 1.82) is 0 Å². The van der Waals surface area contributed by atoms with Crippen LogP contribution in [0.15, 0.2) is 30.3 Å². The van der Waals surface area contributed by atoms with E-state index in [1.54, 1.807) is 0 Å². The van der Waals surface area contributed by atoms with Crippen LogP contribution in [0.4, 0.5) is 8.78 Å². The number of halogens is 2. The minimum atomic E-state index is -2.81. The molecule has 0 spiro atoms. The Morgan fingerprint density at radius 1 is 1.28 bits per heavy atom. The molecular formula is C14H21F2NO. The van der Waals surface area contributed by atoms with Crippen LogP contribution in [-0.4, -0.2) is 17.1 Å². The van der Waals surface area contributed by atoms with Crippen molar-refractivity contribution in [1.82, 2.24) is 0 Å². The Morgan fingerprint density at radius 3 is 2.22 bits per heavy atom. The highest BCUT2D eigenvalue weighted by Gasteiger charge is 2.39. The highest BCUT2D eigenvalue weighted by molar-refractivity contribution is 5.17. The summed E-state index contributed by atoms with van der Waals surface area (Å²) in [5.41, 5.74) is 6.81. The fraction of sp³-hybridized carbons (Fsp3) is 0.571. The van der Waals surface area contributed by atoms with Gasteiger partial charge in [-0.25, -0.2) is 8.78 Å². The smallest absolute Gasteiger partial charge is 0.273 e. The number of alkyl halides is 2. The topological polar surface area (TPSA) is 46.2 Å². The summed E-state index contributed by atoms with van der Waals surface area (Å²) in [6.07, 6.45) is 0.00775. The van der Waals surface area contributed by atoms with Gasteiger partial charge in [-0.2, -0.15) is 0 Å². The van der Waals surface area contributed by atoms with E-state index in [1.807, 2.05) is 37.3 Å². The van der Waals surface area contributed by atoms with Crippen molar-refractivity contribution in [2.24, 2.45) is 5.73 Å². The van der Waals surface area contributed by atoms with Gasteiger partial charge >= 0.3 is 0 Å². The first-order valence-corrected chi connectivity index (χ1v) is 6.30. The molecule has 4 heteroatoms. The van der Waals surface area contributed by atoms with Gasteiger partial charge in [0.25, 0.3) is 5.92 Å². The highest BCUT2D eigenvalue weighted by Crippen LogP contribution is 2.32. The van der Waals surface area contributed by atoms with Gasteiger partial charge in [-0.3, -0.25) is 0 Å². The molecule has 1 aromatic carbocycles. The van der Waals surface area contributed by atoms with Gasteiger partial charge in [-0.05, 0) is 25.3 Å². The van der Waals surface area contributed by atoms with Crippen molar-refractivity contribution < 1.29 is 13.9 Å². The predicted molar refractivity (Wildman–Crippen MR) is 68.5 cm³/mol. The summed E-state index contributed by atoms with van der Waals surface area (Å²) < 4.78 is 24.7. The van der Waals surface area contributed by atoms with Crippen molar-refractivity contribution in [3.63, 3.8) is 0 Å². The Hall–Kier alpha value is -1.00. The third kappa shape index (κ3) is 4.70. The maximum absolute atomic E-state index is 12.3. The molecule has 0 amide bonds. The first kappa shape index (κ1) is 15.1. The lowest BCUT2D eigenvalue weighted by atomic mass is 9.94. The quantitative estimate of drug-likeness (QED) is 0.811. The molecule has 0 aliphatic heterocycles. The Balaban J connectivity index is 0.000000180. The lowest BCUT2D eigenvalue weighted by Gasteiger charge is -2.26. The zero-order valence-electron chi connectivity index (χ0n) is 10.7. The fourth-order valence-electron chi connectivity index (χ4n) is 1.83. The SMILES string of the molecule is C[C@@H](N)c1ccccc1.OC1CCCCC1(F)F. The number of nitrogens with two attached hydrogens (primary N) is 1. The average molecular weight is 257 g/mol. The molecule has 1 aliphatic carbocycles. The van der Waals surface area contributed by atoms with Crippen molar-refractivity contribution in [3.8, 4) is 0 Å². The number of rotatable bonds is 1. The van der Waals surface area contributed by atoms with Crippen LogP contribution in [-0.2, 0) is 0 Å². The van der Waals surface area contributed by atoms with Crippen LogP contribution >= 0.6 is 0 Å². The summed E-state index contributed by atoms with van der Waals surface area (Å²) in [5, 5.41) is 8.69. The van der Waals surface area contributed by atoms with Crippen molar-refractivity contribution in [2.75, 3.05) is 0 Å². The molecule has 0 aromatic heterocycles. The van der Waals surface area contributed by atoms with Crippen LogP contribution in [0.3, 0.4) is 0 Å². The lowest BCUT2D eigenvalue weighted by Crippen LogP contribution is -2.36. The summed E-state index contributed by atoms with van der Waals surface area (Å²) in [6.45, 7) is 1.98. The zero-order chi connectivity index (χ0) is 13.6. The number of benzene rings is 1.